The van der Waals surface area contributed by atoms with Crippen LogP contribution < -0.4 is 5.32 Å². The zero-order valence-electron chi connectivity index (χ0n) is 15.4. The lowest BCUT2D eigenvalue weighted by molar-refractivity contribution is -0.133. The topological polar surface area (TPSA) is 61.9 Å². The van der Waals surface area contributed by atoms with Crippen molar-refractivity contribution >= 4 is 11.9 Å². The normalized spacial score (nSPS) is 26.1. The number of methoxy groups -OCH3 is 1. The maximum absolute atomic E-state index is 12.5. The summed E-state index contributed by atoms with van der Waals surface area (Å²) < 4.78 is 4.96. The fraction of sp³-hybridized carbons (Fsp3) is 0.889. The maximum atomic E-state index is 12.5. The van der Waals surface area contributed by atoms with Crippen LogP contribution in [0.1, 0.15) is 46.0 Å². The number of hydrogen-bond donors (Lipinski definition) is 1. The van der Waals surface area contributed by atoms with Crippen LogP contribution in [0.15, 0.2) is 0 Å². The Morgan fingerprint density at radius 2 is 1.71 bits per heavy atom. The minimum absolute atomic E-state index is 0.0695. The zero-order valence-corrected chi connectivity index (χ0v) is 15.4. The number of piperidine rings is 1. The maximum Gasteiger partial charge on any atom is 0.317 e. The summed E-state index contributed by atoms with van der Waals surface area (Å²) in [6.07, 6.45) is 4.40. The van der Waals surface area contributed by atoms with Crippen LogP contribution in [0.5, 0.6) is 0 Å². The van der Waals surface area contributed by atoms with Gasteiger partial charge in [0.2, 0.25) is 5.91 Å². The summed E-state index contributed by atoms with van der Waals surface area (Å²) in [4.78, 5) is 28.4. The van der Waals surface area contributed by atoms with Gasteiger partial charge in [0, 0.05) is 39.3 Å². The number of urea groups is 1. The number of likely N-dealkylation sites (tertiary alicyclic amines) is 2. The van der Waals surface area contributed by atoms with E-state index in [4.69, 9.17) is 4.74 Å². The molecule has 0 aromatic heterocycles. The van der Waals surface area contributed by atoms with Crippen LogP contribution in [0, 0.1) is 11.8 Å². The van der Waals surface area contributed by atoms with Crippen molar-refractivity contribution in [2.75, 3.05) is 39.9 Å². The summed E-state index contributed by atoms with van der Waals surface area (Å²) in [6.45, 7) is 8.12. The van der Waals surface area contributed by atoms with Crippen LogP contribution >= 0.6 is 0 Å². The minimum atomic E-state index is 0.0695. The van der Waals surface area contributed by atoms with Crippen LogP contribution in [0.3, 0.4) is 0 Å². The monoisotopic (exact) mass is 339 g/mol. The molecule has 2 saturated heterocycles. The van der Waals surface area contributed by atoms with Gasteiger partial charge in [-0.15, -0.1) is 0 Å². The molecular formula is C18H33N3O3. The molecule has 0 aromatic rings. The lowest BCUT2D eigenvalue weighted by Crippen LogP contribution is -2.50. The highest BCUT2D eigenvalue weighted by Gasteiger charge is 2.27. The molecule has 0 spiro atoms. The van der Waals surface area contributed by atoms with Crippen molar-refractivity contribution in [1.29, 1.82) is 0 Å². The first-order chi connectivity index (χ1) is 11.5. The average molecular weight is 339 g/mol. The van der Waals surface area contributed by atoms with E-state index in [1.54, 1.807) is 7.11 Å². The molecule has 24 heavy (non-hydrogen) atoms. The first kappa shape index (κ1) is 19.0. The Morgan fingerprint density at radius 3 is 2.38 bits per heavy atom. The molecule has 6 nitrogen and oxygen atoms in total. The van der Waals surface area contributed by atoms with Gasteiger partial charge in [-0.1, -0.05) is 13.8 Å². The first-order valence-corrected chi connectivity index (χ1v) is 9.31. The van der Waals surface area contributed by atoms with Crippen molar-refractivity contribution in [3.63, 3.8) is 0 Å². The van der Waals surface area contributed by atoms with E-state index in [1.807, 2.05) is 9.80 Å². The van der Waals surface area contributed by atoms with Gasteiger partial charge in [-0.25, -0.2) is 4.79 Å². The second-order valence-corrected chi connectivity index (χ2v) is 7.53. The molecule has 0 saturated carbocycles. The van der Waals surface area contributed by atoms with E-state index in [9.17, 15) is 9.59 Å². The predicted molar refractivity (Wildman–Crippen MR) is 93.8 cm³/mol. The highest BCUT2D eigenvalue weighted by molar-refractivity contribution is 5.76. The van der Waals surface area contributed by atoms with Gasteiger partial charge in [-0.2, -0.15) is 0 Å². The lowest BCUT2D eigenvalue weighted by Gasteiger charge is -2.34. The standard InChI is InChI=1S/C18H33N3O3/c1-14-4-8-21(13-15(2)12-14)18(23)19-16-5-9-20(10-6-16)17(22)7-11-24-3/h14-16H,4-13H2,1-3H3,(H,19,23)/t14-,15+/m0/s1. The van der Waals surface area contributed by atoms with Crippen molar-refractivity contribution in [3.8, 4) is 0 Å². The average Bonchev–Trinajstić information content (AvgIpc) is 2.73. The van der Waals surface area contributed by atoms with E-state index in [2.05, 4.69) is 19.2 Å². The van der Waals surface area contributed by atoms with Gasteiger partial charge < -0.3 is 19.9 Å². The number of ether oxygens (including phenoxy) is 1. The minimum Gasteiger partial charge on any atom is -0.384 e. The summed E-state index contributed by atoms with van der Waals surface area (Å²) in [5.41, 5.74) is 0. The summed E-state index contributed by atoms with van der Waals surface area (Å²) in [5, 5.41) is 3.18. The molecule has 138 valence electrons. The zero-order chi connectivity index (χ0) is 17.5. The van der Waals surface area contributed by atoms with Crippen molar-refractivity contribution in [3.05, 3.63) is 0 Å². The molecule has 0 radical (unpaired) electrons. The molecule has 6 heteroatoms. The van der Waals surface area contributed by atoms with Crippen molar-refractivity contribution in [2.24, 2.45) is 11.8 Å². The molecule has 3 amide bonds. The second kappa shape index (κ2) is 9.25. The molecule has 2 heterocycles. The van der Waals surface area contributed by atoms with Crippen LogP contribution in [-0.2, 0) is 9.53 Å². The molecule has 1 N–H and O–H groups in total. The van der Waals surface area contributed by atoms with Crippen LogP contribution in [0.4, 0.5) is 4.79 Å². The van der Waals surface area contributed by atoms with E-state index in [0.29, 0.717) is 24.9 Å². The Balaban J connectivity index is 1.74. The third-order valence-electron chi connectivity index (χ3n) is 5.21. The number of amides is 3. The Labute approximate surface area is 145 Å². The third kappa shape index (κ3) is 5.65. The van der Waals surface area contributed by atoms with Gasteiger partial charge in [0.05, 0.1) is 13.0 Å². The number of carbonyl (C=O) groups is 2. The molecule has 2 rings (SSSR count). The molecule has 2 aliphatic rings. The Bertz CT molecular complexity index is 422. The molecular weight excluding hydrogens is 306 g/mol. The van der Waals surface area contributed by atoms with Gasteiger partial charge in [-0.3, -0.25) is 4.79 Å². The Kier molecular flexibility index (Phi) is 7.34. The van der Waals surface area contributed by atoms with E-state index in [0.717, 1.165) is 45.4 Å². The molecule has 2 fully saturated rings. The summed E-state index contributed by atoms with van der Waals surface area (Å²) >= 11 is 0. The number of nitrogens with one attached hydrogen (secondary N) is 1. The highest BCUT2D eigenvalue weighted by Crippen LogP contribution is 2.21. The summed E-state index contributed by atoms with van der Waals surface area (Å²) in [7, 11) is 1.61. The van der Waals surface area contributed by atoms with Crippen molar-refractivity contribution < 1.29 is 14.3 Å². The summed E-state index contributed by atoms with van der Waals surface area (Å²) in [5.74, 6) is 1.41. The Morgan fingerprint density at radius 1 is 1.04 bits per heavy atom. The number of hydrogen-bond acceptors (Lipinski definition) is 3. The predicted octanol–water partition coefficient (Wildman–Crippen LogP) is 2.09. The molecule has 0 bridgehead atoms. The smallest absolute Gasteiger partial charge is 0.317 e. The first-order valence-electron chi connectivity index (χ1n) is 9.31. The number of nitrogens with zero attached hydrogens (tertiary/aromatic N) is 2. The largest absolute Gasteiger partial charge is 0.384 e. The molecule has 2 atom stereocenters. The third-order valence-corrected chi connectivity index (χ3v) is 5.21. The number of rotatable bonds is 4. The molecule has 0 aromatic carbocycles. The highest BCUT2D eigenvalue weighted by atomic mass is 16.5. The van der Waals surface area contributed by atoms with Gasteiger partial charge in [0.15, 0.2) is 0 Å². The van der Waals surface area contributed by atoms with E-state index in [-0.39, 0.29) is 18.0 Å². The summed E-state index contributed by atoms with van der Waals surface area (Å²) in [6, 6.07) is 0.250. The van der Waals surface area contributed by atoms with Gasteiger partial charge in [0.1, 0.15) is 0 Å². The van der Waals surface area contributed by atoms with Crippen LogP contribution in [-0.4, -0.2) is 67.7 Å². The van der Waals surface area contributed by atoms with Crippen LogP contribution in [0.25, 0.3) is 0 Å². The van der Waals surface area contributed by atoms with Crippen LogP contribution in [0.2, 0.25) is 0 Å². The number of carbonyl (C=O) groups excluding carboxylic acids is 2. The van der Waals surface area contributed by atoms with E-state index in [1.165, 1.54) is 6.42 Å². The molecule has 2 aliphatic heterocycles. The molecule has 0 unspecified atom stereocenters. The lowest BCUT2D eigenvalue weighted by atomic mass is 9.97. The van der Waals surface area contributed by atoms with Crippen molar-refractivity contribution in [2.45, 2.75) is 52.0 Å². The van der Waals surface area contributed by atoms with E-state index < -0.39 is 0 Å². The SMILES string of the molecule is COCCC(=O)N1CCC(NC(=O)N2CC[C@H](C)C[C@@H](C)C2)CC1. The fourth-order valence-electron chi connectivity index (χ4n) is 3.79. The second-order valence-electron chi connectivity index (χ2n) is 7.53. The van der Waals surface area contributed by atoms with Gasteiger partial charge in [-0.05, 0) is 37.5 Å². The van der Waals surface area contributed by atoms with E-state index >= 15 is 0 Å². The van der Waals surface area contributed by atoms with Gasteiger partial charge in [0.25, 0.3) is 0 Å². The van der Waals surface area contributed by atoms with Crippen molar-refractivity contribution in [1.82, 2.24) is 15.1 Å². The molecule has 0 aliphatic carbocycles. The fourth-order valence-corrected chi connectivity index (χ4v) is 3.79. The Hall–Kier alpha value is -1.30. The van der Waals surface area contributed by atoms with Gasteiger partial charge >= 0.3 is 6.03 Å². The quantitative estimate of drug-likeness (QED) is 0.853.